The van der Waals surface area contributed by atoms with Crippen molar-refractivity contribution in [2.75, 3.05) is 11.9 Å². The topological polar surface area (TPSA) is 108 Å². The summed E-state index contributed by atoms with van der Waals surface area (Å²) < 4.78 is 5.50. The Morgan fingerprint density at radius 1 is 0.886 bits per heavy atom. The number of aryl methyl sites for hydroxylation is 1. The van der Waals surface area contributed by atoms with E-state index in [9.17, 15) is 19.5 Å². The van der Waals surface area contributed by atoms with Gasteiger partial charge in [-0.25, -0.2) is 4.79 Å². The number of anilines is 1. The van der Waals surface area contributed by atoms with Gasteiger partial charge in [0.25, 0.3) is 5.91 Å². The summed E-state index contributed by atoms with van der Waals surface area (Å²) in [7, 11) is 0. The van der Waals surface area contributed by atoms with E-state index in [1.54, 1.807) is 32.9 Å². The molecule has 0 aliphatic carbocycles. The van der Waals surface area contributed by atoms with Crippen molar-refractivity contribution in [2.45, 2.75) is 65.1 Å². The summed E-state index contributed by atoms with van der Waals surface area (Å²) in [4.78, 5) is 43.1. The Kier molecular flexibility index (Phi) is 10.3. The number of carbonyl (C=O) groups is 3. The summed E-state index contributed by atoms with van der Waals surface area (Å²) >= 11 is 0. The number of phenolic OH excluding ortho intramolecular Hbond substituents is 1. The normalized spacial score (nSPS) is 12.7. The van der Waals surface area contributed by atoms with Crippen molar-refractivity contribution in [3.63, 3.8) is 0 Å². The third-order valence-corrected chi connectivity index (χ3v) is 7.05. The first kappa shape index (κ1) is 32.1. The number of benzene rings is 4. The number of fused-ring (bicyclic) bond motifs is 1. The molecule has 44 heavy (non-hydrogen) atoms. The van der Waals surface area contributed by atoms with E-state index in [1.807, 2.05) is 80.6 Å². The molecule has 0 spiro atoms. The number of alkyl carbamates (subject to hydrolysis) is 1. The van der Waals surface area contributed by atoms with Gasteiger partial charge >= 0.3 is 6.09 Å². The lowest BCUT2D eigenvalue weighted by Gasteiger charge is -2.34. The highest BCUT2D eigenvalue weighted by molar-refractivity contribution is 6.00. The first-order valence-electron chi connectivity index (χ1n) is 14.9. The Balaban J connectivity index is 1.72. The highest BCUT2D eigenvalue weighted by Crippen LogP contribution is 2.27. The molecule has 3 N–H and O–H groups in total. The molecule has 0 aliphatic heterocycles. The van der Waals surface area contributed by atoms with E-state index in [1.165, 1.54) is 17.0 Å². The maximum absolute atomic E-state index is 14.5. The molecule has 0 saturated carbocycles. The zero-order valence-electron chi connectivity index (χ0n) is 26.0. The molecule has 4 aromatic rings. The van der Waals surface area contributed by atoms with E-state index in [0.717, 1.165) is 21.9 Å². The first-order valence-corrected chi connectivity index (χ1v) is 14.9. The SMILES string of the molecule is CCCN(C(=O)C(Cc1ccc(O)cc1)NC(=O)OC(C)(C)C)C(C(=O)Nc1ccc2ccccc2c1)c1cccc(C)c1. The molecule has 2 atom stereocenters. The van der Waals surface area contributed by atoms with Gasteiger partial charge in [0.15, 0.2) is 0 Å². The number of nitrogens with one attached hydrogen (secondary N) is 2. The molecule has 0 radical (unpaired) electrons. The second kappa shape index (κ2) is 14.1. The quantitative estimate of drug-likeness (QED) is 0.185. The van der Waals surface area contributed by atoms with Crippen molar-refractivity contribution in [2.24, 2.45) is 0 Å². The van der Waals surface area contributed by atoms with Crippen molar-refractivity contribution in [3.05, 3.63) is 108 Å². The molecule has 0 heterocycles. The number of carbonyl (C=O) groups excluding carboxylic acids is 3. The molecule has 3 amide bonds. The molecular formula is C36H41N3O5. The number of hydrogen-bond donors (Lipinski definition) is 3. The molecule has 2 unspecified atom stereocenters. The van der Waals surface area contributed by atoms with E-state index in [-0.39, 0.29) is 24.6 Å². The zero-order chi connectivity index (χ0) is 31.9. The summed E-state index contributed by atoms with van der Waals surface area (Å²) in [6.07, 6.45) is -0.0278. The number of hydrogen-bond acceptors (Lipinski definition) is 5. The number of rotatable bonds is 10. The highest BCUT2D eigenvalue weighted by Gasteiger charge is 2.36. The summed E-state index contributed by atoms with van der Waals surface area (Å²) in [5.74, 6) is -0.700. The van der Waals surface area contributed by atoms with Gasteiger partial charge in [0.05, 0.1) is 0 Å². The van der Waals surface area contributed by atoms with Crippen molar-refractivity contribution in [3.8, 4) is 5.75 Å². The predicted molar refractivity (Wildman–Crippen MR) is 173 cm³/mol. The molecule has 0 fully saturated rings. The lowest BCUT2D eigenvalue weighted by molar-refractivity contribution is -0.140. The maximum atomic E-state index is 14.5. The van der Waals surface area contributed by atoms with Gasteiger partial charge in [0.2, 0.25) is 5.91 Å². The van der Waals surface area contributed by atoms with Crippen LogP contribution in [0.3, 0.4) is 0 Å². The second-order valence-electron chi connectivity index (χ2n) is 12.0. The van der Waals surface area contributed by atoms with Gasteiger partial charge < -0.3 is 25.4 Å². The third kappa shape index (κ3) is 8.60. The maximum Gasteiger partial charge on any atom is 0.408 e. The van der Waals surface area contributed by atoms with E-state index in [2.05, 4.69) is 10.6 Å². The van der Waals surface area contributed by atoms with Gasteiger partial charge in [0, 0.05) is 18.7 Å². The summed E-state index contributed by atoms with van der Waals surface area (Å²) in [5.41, 5.74) is 2.17. The Labute approximate surface area is 259 Å². The van der Waals surface area contributed by atoms with Gasteiger partial charge in [0.1, 0.15) is 23.4 Å². The third-order valence-electron chi connectivity index (χ3n) is 7.05. The number of nitrogens with zero attached hydrogens (tertiary/aromatic N) is 1. The van der Waals surface area contributed by atoms with Crippen LogP contribution < -0.4 is 10.6 Å². The fourth-order valence-electron chi connectivity index (χ4n) is 5.12. The van der Waals surface area contributed by atoms with Gasteiger partial charge in [-0.3, -0.25) is 9.59 Å². The minimum atomic E-state index is -1.04. The molecule has 4 rings (SSSR count). The molecular weight excluding hydrogens is 554 g/mol. The van der Waals surface area contributed by atoms with Crippen LogP contribution in [-0.2, 0) is 20.7 Å². The zero-order valence-corrected chi connectivity index (χ0v) is 26.0. The molecule has 4 aromatic carbocycles. The van der Waals surface area contributed by atoms with Gasteiger partial charge in [-0.1, -0.05) is 79.2 Å². The molecule has 0 aromatic heterocycles. The molecule has 0 saturated heterocycles. The minimum absolute atomic E-state index is 0.0919. The van der Waals surface area contributed by atoms with Gasteiger partial charge in [-0.2, -0.15) is 0 Å². The molecule has 8 heteroatoms. The van der Waals surface area contributed by atoms with E-state index >= 15 is 0 Å². The van der Waals surface area contributed by atoms with Crippen molar-refractivity contribution < 1.29 is 24.2 Å². The fraction of sp³-hybridized carbons (Fsp3) is 0.306. The van der Waals surface area contributed by atoms with Crippen LogP contribution in [0.5, 0.6) is 5.75 Å². The van der Waals surface area contributed by atoms with Crippen LogP contribution in [0.4, 0.5) is 10.5 Å². The van der Waals surface area contributed by atoms with Crippen LogP contribution in [0, 0.1) is 6.92 Å². The van der Waals surface area contributed by atoms with Crippen LogP contribution in [-0.4, -0.2) is 46.1 Å². The smallest absolute Gasteiger partial charge is 0.408 e. The average Bonchev–Trinajstić information content (AvgIpc) is 2.96. The number of phenols is 1. The Morgan fingerprint density at radius 3 is 2.25 bits per heavy atom. The standard InChI is InChI=1S/C36H41N3O5/c1-6-20-39(34(42)31(38-35(43)44-36(3,4)5)22-25-14-18-30(40)19-15-25)32(28-13-9-10-24(2)21-28)33(41)37-29-17-16-26-11-7-8-12-27(26)23-29/h7-19,21,23,31-32,40H,6,20,22H2,1-5H3,(H,37,41)(H,38,43). The Bertz CT molecular complexity index is 1610. The van der Waals surface area contributed by atoms with E-state index in [4.69, 9.17) is 4.74 Å². The monoisotopic (exact) mass is 595 g/mol. The fourth-order valence-corrected chi connectivity index (χ4v) is 5.12. The van der Waals surface area contributed by atoms with Gasteiger partial charge in [-0.05, 0) is 80.3 Å². The number of amides is 3. The molecule has 0 bridgehead atoms. The molecule has 8 nitrogen and oxygen atoms in total. The molecule has 0 aliphatic rings. The van der Waals surface area contributed by atoms with Crippen molar-refractivity contribution in [1.82, 2.24) is 10.2 Å². The largest absolute Gasteiger partial charge is 0.508 e. The second-order valence-corrected chi connectivity index (χ2v) is 12.0. The van der Waals surface area contributed by atoms with Crippen LogP contribution in [0.25, 0.3) is 10.8 Å². The predicted octanol–water partition coefficient (Wildman–Crippen LogP) is 6.91. The van der Waals surface area contributed by atoms with Crippen molar-refractivity contribution >= 4 is 34.4 Å². The molecule has 230 valence electrons. The number of ether oxygens (including phenoxy) is 1. The van der Waals surface area contributed by atoms with Crippen LogP contribution in [0.1, 0.15) is 56.8 Å². The van der Waals surface area contributed by atoms with Gasteiger partial charge in [-0.15, -0.1) is 0 Å². The Morgan fingerprint density at radius 2 is 1.59 bits per heavy atom. The first-order chi connectivity index (χ1) is 20.9. The lowest BCUT2D eigenvalue weighted by atomic mass is 9.98. The van der Waals surface area contributed by atoms with Crippen molar-refractivity contribution in [1.29, 1.82) is 0 Å². The number of aromatic hydroxyl groups is 1. The summed E-state index contributed by atoms with van der Waals surface area (Å²) in [6.45, 7) is 9.38. The van der Waals surface area contributed by atoms with Crippen LogP contribution in [0.15, 0.2) is 91.0 Å². The minimum Gasteiger partial charge on any atom is -0.508 e. The average molecular weight is 596 g/mol. The van der Waals surface area contributed by atoms with E-state index in [0.29, 0.717) is 17.7 Å². The summed E-state index contributed by atoms with van der Waals surface area (Å²) in [5, 5.41) is 17.6. The van der Waals surface area contributed by atoms with E-state index < -0.39 is 29.7 Å². The van der Waals surface area contributed by atoms with Crippen LogP contribution in [0.2, 0.25) is 0 Å². The van der Waals surface area contributed by atoms with Crippen LogP contribution >= 0.6 is 0 Å². The lowest BCUT2D eigenvalue weighted by Crippen LogP contribution is -2.53. The Hall–Kier alpha value is -4.85. The highest BCUT2D eigenvalue weighted by atomic mass is 16.6. The summed E-state index contributed by atoms with van der Waals surface area (Å²) in [6, 6.07) is 25.5.